The third kappa shape index (κ3) is 2.56. The molecule has 16 heavy (non-hydrogen) atoms. The third-order valence-corrected chi connectivity index (χ3v) is 3.59. The van der Waals surface area contributed by atoms with Crippen LogP contribution >= 0.6 is 7.60 Å². The fourth-order valence-corrected chi connectivity index (χ4v) is 2.12. The smallest absolute Gasteiger partial charge is 0.351 e. The van der Waals surface area contributed by atoms with Gasteiger partial charge in [-0.3, -0.25) is 4.57 Å². The molecule has 1 saturated carbocycles. The molecule has 0 aliphatic heterocycles. The summed E-state index contributed by atoms with van der Waals surface area (Å²) < 4.78 is 15.6. The molecule has 0 saturated heterocycles. The summed E-state index contributed by atoms with van der Waals surface area (Å²) in [5, 5.41) is 19.7. The molecule has 0 amide bonds. The van der Waals surface area contributed by atoms with Crippen LogP contribution in [0.5, 0.6) is 0 Å². The Balaban J connectivity index is 2.76. The van der Waals surface area contributed by atoms with Crippen LogP contribution in [0.3, 0.4) is 0 Å². The Bertz CT molecular complexity index is 337. The zero-order chi connectivity index (χ0) is 12.7. The van der Waals surface area contributed by atoms with Crippen LogP contribution in [-0.2, 0) is 9.30 Å². The first kappa shape index (κ1) is 13.9. The monoisotopic (exact) mass is 250 g/mol. The van der Waals surface area contributed by atoms with E-state index < -0.39 is 37.6 Å². The van der Waals surface area contributed by atoms with E-state index in [4.69, 9.17) is 14.5 Å². The highest BCUT2D eigenvalue weighted by Gasteiger charge is 2.51. The molecule has 1 aliphatic rings. The summed E-state index contributed by atoms with van der Waals surface area (Å²) in [6.07, 6.45) is -2.98. The van der Waals surface area contributed by atoms with Crippen molar-refractivity contribution in [2.24, 2.45) is 0 Å². The second-order valence-corrected chi connectivity index (χ2v) is 5.94. The molecule has 92 valence electrons. The number of hydrogen-bond acceptors (Lipinski definition) is 4. The van der Waals surface area contributed by atoms with Crippen LogP contribution in [0.4, 0.5) is 0 Å². The first-order valence-corrected chi connectivity index (χ1v) is 6.62. The van der Waals surface area contributed by atoms with E-state index in [1.165, 1.54) is 6.92 Å². The zero-order valence-electron chi connectivity index (χ0n) is 9.20. The Morgan fingerprint density at radius 1 is 1.62 bits per heavy atom. The molecule has 1 rings (SSSR count). The number of rotatable bonds is 3. The van der Waals surface area contributed by atoms with Crippen molar-refractivity contribution in [3.05, 3.63) is 12.2 Å². The van der Waals surface area contributed by atoms with E-state index >= 15 is 0 Å². The van der Waals surface area contributed by atoms with Crippen molar-refractivity contribution in [2.45, 2.75) is 30.5 Å². The molecule has 0 spiro atoms. The molecular weight excluding hydrogens is 234 g/mol. The summed E-state index contributed by atoms with van der Waals surface area (Å²) >= 11 is 0. The minimum atomic E-state index is -4.29. The minimum Gasteiger partial charge on any atom is -0.387 e. The van der Waals surface area contributed by atoms with Gasteiger partial charge < -0.3 is 24.7 Å². The zero-order valence-corrected chi connectivity index (χ0v) is 10.1. The average Bonchev–Trinajstić information content (AvgIpc) is 2.26. The van der Waals surface area contributed by atoms with Gasteiger partial charge in [-0.15, -0.1) is 0 Å². The Kier molecular flexibility index (Phi) is 3.70. The van der Waals surface area contributed by atoms with Gasteiger partial charge in [-0.1, -0.05) is 6.58 Å². The van der Waals surface area contributed by atoms with Gasteiger partial charge in [-0.05, 0) is 18.3 Å². The van der Waals surface area contributed by atoms with Crippen molar-refractivity contribution < 1.29 is 29.3 Å². The molecule has 1 aliphatic carbocycles. The molecule has 1 fully saturated rings. The van der Waals surface area contributed by atoms with Gasteiger partial charge >= 0.3 is 7.60 Å². The van der Waals surface area contributed by atoms with Crippen LogP contribution in [0, 0.1) is 0 Å². The topological polar surface area (TPSA) is 107 Å². The summed E-state index contributed by atoms with van der Waals surface area (Å²) in [6, 6.07) is 0. The van der Waals surface area contributed by atoms with Crippen molar-refractivity contribution in [3.63, 3.8) is 0 Å². The quantitative estimate of drug-likeness (QED) is 0.279. The van der Waals surface area contributed by atoms with Gasteiger partial charge in [0, 0.05) is 0 Å². The highest BCUT2D eigenvalue weighted by Crippen LogP contribution is 2.45. The summed E-state index contributed by atoms with van der Waals surface area (Å²) in [4.78, 5) is 17.3. The van der Waals surface area contributed by atoms with Crippen molar-refractivity contribution in [1.29, 1.82) is 0 Å². The Hall–Kier alpha value is -0.165. The lowest BCUT2D eigenvalue weighted by molar-refractivity contribution is -0.0867. The Labute approximate surface area is 94.5 Å². The number of ether oxygens (including phenoxy) is 1. The summed E-state index contributed by atoms with van der Waals surface area (Å²) in [5.74, 6) is -0.399. The lowest BCUT2D eigenvalue weighted by Gasteiger charge is -2.26. The molecule has 6 nitrogen and oxygen atoms in total. The molecule has 0 aromatic carbocycles. The Morgan fingerprint density at radius 3 is 2.44 bits per heavy atom. The van der Waals surface area contributed by atoms with Gasteiger partial charge in [0.05, 0.1) is 5.60 Å². The van der Waals surface area contributed by atoms with Crippen LogP contribution < -0.4 is 0 Å². The highest BCUT2D eigenvalue weighted by atomic mass is 31.2. The average molecular weight is 250 g/mol. The van der Waals surface area contributed by atoms with Crippen LogP contribution in [0.15, 0.2) is 12.2 Å². The van der Waals surface area contributed by atoms with E-state index in [9.17, 15) is 14.8 Å². The van der Waals surface area contributed by atoms with Crippen LogP contribution in [0.2, 0.25) is 5.82 Å². The molecule has 4 N–H and O–H groups in total. The van der Waals surface area contributed by atoms with Crippen LogP contribution in [-0.4, -0.2) is 52.0 Å². The van der Waals surface area contributed by atoms with Gasteiger partial charge in [0.1, 0.15) is 26.4 Å². The predicted molar refractivity (Wildman–Crippen MR) is 59.8 cm³/mol. The third-order valence-electron chi connectivity index (χ3n) is 3.11. The second kappa shape index (κ2) is 4.25. The maximum Gasteiger partial charge on any atom is 0.351 e. The lowest BCUT2D eigenvalue weighted by Crippen LogP contribution is -2.42. The molecular formula is C8H16BO6P. The summed E-state index contributed by atoms with van der Waals surface area (Å²) in [6.45, 7) is 5.10. The highest BCUT2D eigenvalue weighted by molar-refractivity contribution is 7.51. The van der Waals surface area contributed by atoms with E-state index in [1.807, 2.05) is 0 Å². The fourth-order valence-electron chi connectivity index (χ4n) is 1.76. The van der Waals surface area contributed by atoms with E-state index in [-0.39, 0.29) is 0 Å². The normalized spacial score (nSPS) is 40.3. The van der Waals surface area contributed by atoms with Crippen molar-refractivity contribution in [2.75, 3.05) is 6.35 Å². The van der Waals surface area contributed by atoms with Crippen LogP contribution in [0.1, 0.15) is 6.92 Å². The van der Waals surface area contributed by atoms with Gasteiger partial charge in [0.15, 0.2) is 0 Å². The standard InChI is InChI=1S/C8H16BO6P/c1-4-5(15-3-16(12,13)14)7(10)8(2,11)6(4)9/h5-7,10-11H,1,3,9H2,2H3,(H2,12,13,14)/t5-,6+,7+,8-/m0/s1. The molecule has 0 aromatic heterocycles. The molecule has 0 unspecified atom stereocenters. The first-order chi connectivity index (χ1) is 7.07. The summed E-state index contributed by atoms with van der Waals surface area (Å²) in [5.41, 5.74) is -0.956. The molecule has 0 radical (unpaired) electrons. The molecule has 4 atom stereocenters. The molecule has 8 heteroatoms. The maximum atomic E-state index is 10.6. The van der Waals surface area contributed by atoms with E-state index in [0.717, 1.165) is 0 Å². The fraction of sp³-hybridized carbons (Fsp3) is 0.750. The SMILES string of the molecule is B[C@@H]1C(=C)[C@H](OCP(=O)(O)O)[C@@H](O)[C@@]1(C)O. The van der Waals surface area contributed by atoms with Crippen molar-refractivity contribution in [3.8, 4) is 0 Å². The first-order valence-electron chi connectivity index (χ1n) is 4.82. The number of hydrogen-bond donors (Lipinski definition) is 4. The van der Waals surface area contributed by atoms with Gasteiger partial charge in [0.2, 0.25) is 0 Å². The van der Waals surface area contributed by atoms with Crippen molar-refractivity contribution in [1.82, 2.24) is 0 Å². The van der Waals surface area contributed by atoms with Gasteiger partial charge in [-0.25, -0.2) is 0 Å². The van der Waals surface area contributed by atoms with Crippen LogP contribution in [0.25, 0.3) is 0 Å². The molecule has 0 aromatic rings. The van der Waals surface area contributed by atoms with Gasteiger partial charge in [-0.2, -0.15) is 0 Å². The largest absolute Gasteiger partial charge is 0.387 e. The maximum absolute atomic E-state index is 10.6. The van der Waals surface area contributed by atoms with E-state index in [1.54, 1.807) is 7.85 Å². The second-order valence-electron chi connectivity index (χ2n) is 4.35. The van der Waals surface area contributed by atoms with Crippen molar-refractivity contribution >= 4 is 15.4 Å². The molecule has 0 bridgehead atoms. The lowest BCUT2D eigenvalue weighted by atomic mass is 9.74. The Morgan fingerprint density at radius 2 is 2.12 bits per heavy atom. The van der Waals surface area contributed by atoms with Gasteiger partial charge in [0.25, 0.3) is 0 Å². The van der Waals surface area contributed by atoms with E-state index in [2.05, 4.69) is 6.58 Å². The number of aliphatic hydroxyl groups excluding tert-OH is 1. The number of aliphatic hydroxyl groups is 2. The molecule has 0 heterocycles. The van der Waals surface area contributed by atoms with E-state index in [0.29, 0.717) is 5.57 Å². The summed E-state index contributed by atoms with van der Waals surface area (Å²) in [7, 11) is -2.62. The predicted octanol–water partition coefficient (Wildman–Crippen LogP) is -1.39. The minimum absolute atomic E-state index is 0.399.